The molecule has 0 unspecified atom stereocenters. The lowest BCUT2D eigenvalue weighted by Gasteiger charge is -2.31. The van der Waals surface area contributed by atoms with E-state index in [1.165, 1.54) is 0 Å². The number of hydrogen-bond donors (Lipinski definition) is 0. The van der Waals surface area contributed by atoms with Crippen molar-refractivity contribution < 1.29 is 8.42 Å². The van der Waals surface area contributed by atoms with Crippen molar-refractivity contribution in [2.75, 3.05) is 13.1 Å². The highest BCUT2D eigenvalue weighted by molar-refractivity contribution is 7.89. The van der Waals surface area contributed by atoms with E-state index in [4.69, 9.17) is 0 Å². The number of piperidine rings is 1. The summed E-state index contributed by atoms with van der Waals surface area (Å²) in [7, 11) is -3.44. The molecule has 0 N–H and O–H groups in total. The smallest absolute Gasteiger partial charge is 0.211 e. The Morgan fingerprint density at radius 2 is 1.25 bits per heavy atom. The molecule has 0 spiro atoms. The molecule has 1 saturated heterocycles. The number of fused-ring (bicyclic) bond motifs is 2. The third-order valence-electron chi connectivity index (χ3n) is 4.97. The maximum atomic E-state index is 13.5. The Labute approximate surface area is 143 Å². The van der Waals surface area contributed by atoms with E-state index in [2.05, 4.69) is 0 Å². The Morgan fingerprint density at radius 3 is 1.79 bits per heavy atom. The molecule has 0 saturated carbocycles. The van der Waals surface area contributed by atoms with Crippen molar-refractivity contribution in [2.24, 2.45) is 0 Å². The number of nitrogens with zero attached hydrogens (tertiary/aromatic N) is 1. The van der Waals surface area contributed by atoms with Crippen molar-refractivity contribution in [1.82, 2.24) is 4.31 Å². The summed E-state index contributed by atoms with van der Waals surface area (Å²) in [6.45, 7) is 1.27. The second-order valence-electron chi connectivity index (χ2n) is 6.48. The Balaban J connectivity index is 1.92. The van der Waals surface area contributed by atoms with Gasteiger partial charge in [-0.3, -0.25) is 0 Å². The van der Waals surface area contributed by atoms with Crippen molar-refractivity contribution in [3.63, 3.8) is 0 Å². The molecule has 0 bridgehead atoms. The van der Waals surface area contributed by atoms with E-state index >= 15 is 0 Å². The monoisotopic (exact) mass is 339 g/mol. The van der Waals surface area contributed by atoms with E-state index in [9.17, 15) is 8.42 Å². The molecule has 1 aliphatic carbocycles. The predicted octanol–water partition coefficient (Wildman–Crippen LogP) is 4.08. The van der Waals surface area contributed by atoms with Crippen LogP contribution in [0.2, 0.25) is 0 Å². The lowest BCUT2D eigenvalue weighted by Crippen LogP contribution is -2.39. The maximum Gasteiger partial charge on any atom is 0.225 e. The molecule has 0 radical (unpaired) electrons. The minimum atomic E-state index is -3.44. The first-order valence-corrected chi connectivity index (χ1v) is 10.0. The molecule has 4 rings (SSSR count). The van der Waals surface area contributed by atoms with Gasteiger partial charge in [0.15, 0.2) is 0 Å². The average molecular weight is 339 g/mol. The van der Waals surface area contributed by atoms with E-state index in [0.29, 0.717) is 13.1 Å². The summed E-state index contributed by atoms with van der Waals surface area (Å²) >= 11 is 0. The van der Waals surface area contributed by atoms with Crippen LogP contribution in [-0.2, 0) is 10.0 Å². The third kappa shape index (κ3) is 2.60. The quantitative estimate of drug-likeness (QED) is 0.827. The lowest BCUT2D eigenvalue weighted by atomic mass is 9.99. The molecule has 1 aliphatic heterocycles. The van der Waals surface area contributed by atoms with Gasteiger partial charge in [0, 0.05) is 13.1 Å². The lowest BCUT2D eigenvalue weighted by molar-refractivity contribution is 0.344. The summed E-state index contributed by atoms with van der Waals surface area (Å²) in [4.78, 5) is 0. The summed E-state index contributed by atoms with van der Waals surface area (Å²) in [5, 5.41) is -0.627. The van der Waals surface area contributed by atoms with Crippen LogP contribution < -0.4 is 0 Å². The van der Waals surface area contributed by atoms with Crippen LogP contribution in [0.25, 0.3) is 12.2 Å². The zero-order valence-corrected chi connectivity index (χ0v) is 14.4. The van der Waals surface area contributed by atoms with Gasteiger partial charge in [0.05, 0.1) is 0 Å². The first-order chi connectivity index (χ1) is 11.7. The molecule has 2 aliphatic rings. The van der Waals surface area contributed by atoms with Crippen molar-refractivity contribution in [2.45, 2.75) is 24.5 Å². The third-order valence-corrected chi connectivity index (χ3v) is 7.16. The molecule has 2 aromatic rings. The van der Waals surface area contributed by atoms with E-state index < -0.39 is 15.3 Å². The highest BCUT2D eigenvalue weighted by Gasteiger charge is 2.37. The normalized spacial score (nSPS) is 18.7. The Morgan fingerprint density at radius 1 is 0.750 bits per heavy atom. The van der Waals surface area contributed by atoms with Crippen LogP contribution in [0.4, 0.5) is 0 Å². The SMILES string of the molecule is O=S(=O)(C1c2ccccc2C=Cc2ccccc21)N1CCCCC1. The second kappa shape index (κ2) is 6.19. The molecule has 0 amide bonds. The fourth-order valence-electron chi connectivity index (χ4n) is 3.74. The largest absolute Gasteiger partial charge is 0.225 e. The van der Waals surface area contributed by atoms with Crippen LogP contribution in [0.1, 0.15) is 46.8 Å². The van der Waals surface area contributed by atoms with Gasteiger partial charge in [-0.1, -0.05) is 67.1 Å². The zero-order chi connectivity index (χ0) is 16.6. The van der Waals surface area contributed by atoms with Gasteiger partial charge in [0.2, 0.25) is 10.0 Å². The molecule has 1 fully saturated rings. The van der Waals surface area contributed by atoms with Crippen molar-refractivity contribution >= 4 is 22.2 Å². The molecule has 124 valence electrons. The molecule has 0 atom stereocenters. The molecule has 4 heteroatoms. The molecule has 2 aromatic carbocycles. The summed E-state index contributed by atoms with van der Waals surface area (Å²) in [6.07, 6.45) is 7.08. The van der Waals surface area contributed by atoms with Crippen LogP contribution >= 0.6 is 0 Å². The standard InChI is InChI=1S/C20H21NO2S/c22-24(23,21-14-6-1-7-15-21)20-18-10-4-2-8-16(18)12-13-17-9-3-5-11-19(17)20/h2-5,8-13,20H,1,6-7,14-15H2. The topological polar surface area (TPSA) is 37.4 Å². The van der Waals surface area contributed by atoms with Gasteiger partial charge in [-0.25, -0.2) is 12.7 Å². The van der Waals surface area contributed by atoms with Crippen LogP contribution in [0.5, 0.6) is 0 Å². The predicted molar refractivity (Wildman–Crippen MR) is 98.0 cm³/mol. The fraction of sp³-hybridized carbons (Fsp3) is 0.300. The zero-order valence-electron chi connectivity index (χ0n) is 13.6. The highest BCUT2D eigenvalue weighted by atomic mass is 32.2. The van der Waals surface area contributed by atoms with E-state index in [-0.39, 0.29) is 0 Å². The van der Waals surface area contributed by atoms with Crippen molar-refractivity contribution in [3.05, 3.63) is 70.8 Å². The second-order valence-corrected chi connectivity index (χ2v) is 8.49. The highest BCUT2D eigenvalue weighted by Crippen LogP contribution is 2.40. The summed E-state index contributed by atoms with van der Waals surface area (Å²) in [5.41, 5.74) is 3.73. The van der Waals surface area contributed by atoms with E-state index in [0.717, 1.165) is 41.5 Å². The Bertz CT molecular complexity index is 831. The summed E-state index contributed by atoms with van der Waals surface area (Å²) in [6, 6.07) is 15.7. The fourth-order valence-corrected chi connectivity index (χ4v) is 5.88. The van der Waals surface area contributed by atoms with Gasteiger partial charge in [0.25, 0.3) is 0 Å². The number of hydrogen-bond acceptors (Lipinski definition) is 2. The first-order valence-electron chi connectivity index (χ1n) is 8.53. The Hall–Kier alpha value is -1.91. The van der Waals surface area contributed by atoms with Gasteiger partial charge < -0.3 is 0 Å². The number of rotatable bonds is 2. The van der Waals surface area contributed by atoms with Crippen LogP contribution in [0, 0.1) is 0 Å². The van der Waals surface area contributed by atoms with Gasteiger partial charge >= 0.3 is 0 Å². The van der Waals surface area contributed by atoms with Gasteiger partial charge in [-0.2, -0.15) is 0 Å². The number of benzene rings is 2. The van der Waals surface area contributed by atoms with Crippen molar-refractivity contribution in [1.29, 1.82) is 0 Å². The summed E-state index contributed by atoms with van der Waals surface area (Å²) < 4.78 is 28.7. The maximum absolute atomic E-state index is 13.5. The van der Waals surface area contributed by atoms with Crippen molar-refractivity contribution in [3.8, 4) is 0 Å². The molecular weight excluding hydrogens is 318 g/mol. The van der Waals surface area contributed by atoms with E-state index in [1.54, 1.807) is 4.31 Å². The first kappa shape index (κ1) is 15.6. The minimum absolute atomic E-state index is 0.627. The van der Waals surface area contributed by atoms with Crippen LogP contribution in [-0.4, -0.2) is 25.8 Å². The Kier molecular flexibility index (Phi) is 4.02. The van der Waals surface area contributed by atoms with Crippen LogP contribution in [0.15, 0.2) is 48.5 Å². The molecule has 3 nitrogen and oxygen atoms in total. The van der Waals surface area contributed by atoms with Gasteiger partial charge in [-0.15, -0.1) is 0 Å². The average Bonchev–Trinajstić information content (AvgIpc) is 2.79. The van der Waals surface area contributed by atoms with Gasteiger partial charge in [-0.05, 0) is 35.1 Å². The van der Waals surface area contributed by atoms with E-state index in [1.807, 2.05) is 60.7 Å². The molecule has 0 aromatic heterocycles. The number of sulfonamides is 1. The minimum Gasteiger partial charge on any atom is -0.211 e. The summed E-state index contributed by atoms with van der Waals surface area (Å²) in [5.74, 6) is 0. The molecule has 1 heterocycles. The molecule has 24 heavy (non-hydrogen) atoms. The molecular formula is C20H21NO2S. The van der Waals surface area contributed by atoms with Crippen LogP contribution in [0.3, 0.4) is 0 Å². The van der Waals surface area contributed by atoms with Gasteiger partial charge in [0.1, 0.15) is 5.25 Å².